The van der Waals surface area contributed by atoms with Crippen LogP contribution in [-0.2, 0) is 23.0 Å². The minimum Gasteiger partial charge on any atom is -0.470 e. The molecule has 11 nitrogen and oxygen atoms in total. The van der Waals surface area contributed by atoms with E-state index >= 15 is 0 Å². The topological polar surface area (TPSA) is 139 Å². The number of fused-ring (bicyclic) bond motifs is 5. The quantitative estimate of drug-likeness (QED) is 0.374. The maximum Gasteiger partial charge on any atom is 0.318 e. The van der Waals surface area contributed by atoms with Crippen molar-refractivity contribution in [1.29, 1.82) is 5.26 Å². The Morgan fingerprint density at radius 2 is 2.07 bits per heavy atom. The van der Waals surface area contributed by atoms with Gasteiger partial charge in [-0.05, 0) is 83.9 Å². The van der Waals surface area contributed by atoms with E-state index in [9.17, 15) is 5.26 Å². The molecule has 6 heterocycles. The highest BCUT2D eigenvalue weighted by atomic mass is 32.1. The number of aromatic nitrogens is 3. The number of hydrogen-bond donors (Lipinski definition) is 1. The molecule has 2 N–H and O–H groups in total. The smallest absolute Gasteiger partial charge is 0.318 e. The summed E-state index contributed by atoms with van der Waals surface area (Å²) in [6, 6.07) is 2.72. The molecule has 0 amide bonds. The summed E-state index contributed by atoms with van der Waals surface area (Å²) in [5.41, 5.74) is 10.2. The number of nitrogens with two attached hydrogens (primary N) is 1. The van der Waals surface area contributed by atoms with Gasteiger partial charge in [-0.15, -0.1) is 11.3 Å². The van der Waals surface area contributed by atoms with E-state index in [1.165, 1.54) is 4.88 Å². The molecule has 0 radical (unpaired) electrons. The van der Waals surface area contributed by atoms with Crippen molar-refractivity contribution in [2.45, 2.75) is 89.2 Å². The molecular formula is C33H39N8O3S+. The number of amidine groups is 1. The average molecular weight is 628 g/mol. The Hall–Kier alpha value is -3.66. The van der Waals surface area contributed by atoms with Crippen LogP contribution in [0.25, 0.3) is 11.6 Å². The van der Waals surface area contributed by atoms with Crippen LogP contribution in [0.5, 0.6) is 5.88 Å². The van der Waals surface area contributed by atoms with E-state index in [4.69, 9.17) is 39.8 Å². The highest BCUT2D eigenvalue weighted by Crippen LogP contribution is 2.55. The van der Waals surface area contributed by atoms with Crippen molar-refractivity contribution in [3.63, 3.8) is 0 Å². The Kier molecular flexibility index (Phi) is 7.04. The van der Waals surface area contributed by atoms with Gasteiger partial charge in [-0.1, -0.05) is 15.1 Å². The van der Waals surface area contributed by atoms with Crippen LogP contribution in [0.15, 0.2) is 9.52 Å². The first kappa shape index (κ1) is 28.8. The van der Waals surface area contributed by atoms with Crippen LogP contribution in [0.2, 0.25) is 0 Å². The van der Waals surface area contributed by atoms with E-state index in [2.05, 4.69) is 35.7 Å². The number of nitrogen functional groups attached to an aromatic ring is 1. The van der Waals surface area contributed by atoms with E-state index < -0.39 is 0 Å². The molecule has 0 aromatic carbocycles. The lowest BCUT2D eigenvalue weighted by Crippen LogP contribution is -2.38. The van der Waals surface area contributed by atoms with Gasteiger partial charge in [-0.25, -0.2) is 4.58 Å². The van der Waals surface area contributed by atoms with Gasteiger partial charge in [0.05, 0.1) is 24.1 Å². The third kappa shape index (κ3) is 4.54. The maximum absolute atomic E-state index is 10.1. The average Bonchev–Trinajstić information content (AvgIpc) is 3.86. The standard InChI is InChI=1S/C33H39N8O3S/c1-18(23-8-6-13-40(23)3)43-32-26-31(41(19(2)36-26)16-20-10-14-42-17-20)37-30(38-32)27-21-7-4-11-33(28(21)39-44-27)12-5-9-24-25(33)22(15-34)29(35)45-24/h16,18,20,23H,4-14,17,35H2,1-3H3/q+1/b41-16+/t18-,20?,23-,33-/m0/s1. The van der Waals surface area contributed by atoms with Crippen molar-refractivity contribution in [2.24, 2.45) is 10.9 Å². The fourth-order valence-electron chi connectivity index (χ4n) is 8.32. The molecule has 3 aromatic rings. The number of rotatable bonds is 5. The number of hydrogen-bond acceptors (Lipinski definition) is 11. The van der Waals surface area contributed by atoms with E-state index in [-0.39, 0.29) is 17.4 Å². The van der Waals surface area contributed by atoms with Crippen molar-refractivity contribution in [1.82, 2.24) is 20.0 Å². The molecule has 234 valence electrons. The number of likely N-dealkylation sites (N-methyl/N-ethyl adjacent to an activating group) is 1. The van der Waals surface area contributed by atoms with Gasteiger partial charge in [-0.3, -0.25) is 4.90 Å². The monoisotopic (exact) mass is 627 g/mol. The number of aryl methyl sites for hydroxylation is 1. The minimum atomic E-state index is -0.387. The van der Waals surface area contributed by atoms with Crippen LogP contribution < -0.4 is 10.5 Å². The van der Waals surface area contributed by atoms with Crippen molar-refractivity contribution >= 4 is 39.9 Å². The largest absolute Gasteiger partial charge is 0.470 e. The number of aliphatic imine (C=N–C) groups is 1. The van der Waals surface area contributed by atoms with E-state index in [0.29, 0.717) is 52.2 Å². The van der Waals surface area contributed by atoms with Gasteiger partial charge >= 0.3 is 5.82 Å². The summed E-state index contributed by atoms with van der Waals surface area (Å²) < 4.78 is 20.6. The van der Waals surface area contributed by atoms with Gasteiger partial charge in [0.15, 0.2) is 0 Å². The molecular weight excluding hydrogens is 588 g/mol. The number of anilines is 1. The predicted molar refractivity (Wildman–Crippen MR) is 171 cm³/mol. The van der Waals surface area contributed by atoms with Gasteiger partial charge in [-0.2, -0.15) is 10.2 Å². The summed E-state index contributed by atoms with van der Waals surface area (Å²) in [6.07, 6.45) is 10.8. The summed E-state index contributed by atoms with van der Waals surface area (Å²) >= 11 is 1.55. The molecule has 45 heavy (non-hydrogen) atoms. The summed E-state index contributed by atoms with van der Waals surface area (Å²) in [5.74, 6) is 3.29. The second-order valence-electron chi connectivity index (χ2n) is 13.2. The molecule has 1 spiro atoms. The van der Waals surface area contributed by atoms with Crippen LogP contribution in [0.3, 0.4) is 0 Å². The molecule has 3 aliphatic heterocycles. The Bertz CT molecular complexity index is 1780. The van der Waals surface area contributed by atoms with E-state index in [1.807, 2.05) is 6.92 Å². The molecule has 2 fully saturated rings. The Labute approximate surface area is 266 Å². The third-order valence-corrected chi connectivity index (χ3v) is 11.6. The molecule has 12 heteroatoms. The summed E-state index contributed by atoms with van der Waals surface area (Å²) in [4.78, 5) is 18.6. The molecule has 0 bridgehead atoms. The van der Waals surface area contributed by atoms with Crippen molar-refractivity contribution < 1.29 is 18.6 Å². The molecule has 4 atom stereocenters. The van der Waals surface area contributed by atoms with Crippen LogP contribution >= 0.6 is 11.3 Å². The van der Waals surface area contributed by atoms with E-state index in [0.717, 1.165) is 93.6 Å². The molecule has 5 aliphatic rings. The summed E-state index contributed by atoms with van der Waals surface area (Å²) in [5, 5.41) is 15.5. The summed E-state index contributed by atoms with van der Waals surface area (Å²) in [6.45, 7) is 6.61. The zero-order valence-corrected chi connectivity index (χ0v) is 27.0. The fraction of sp³-hybridized carbons (Fsp3) is 0.576. The molecule has 3 aromatic heterocycles. The maximum atomic E-state index is 10.1. The van der Waals surface area contributed by atoms with Gasteiger partial charge < -0.3 is 19.7 Å². The fourth-order valence-corrected chi connectivity index (χ4v) is 9.48. The van der Waals surface area contributed by atoms with Crippen molar-refractivity contribution in [2.75, 3.05) is 32.5 Å². The first-order valence-corrected chi connectivity index (χ1v) is 17.1. The molecule has 0 saturated carbocycles. The molecule has 2 aliphatic carbocycles. The van der Waals surface area contributed by atoms with Crippen LogP contribution in [0, 0.1) is 17.2 Å². The van der Waals surface area contributed by atoms with Crippen LogP contribution in [0.4, 0.5) is 16.5 Å². The lowest BCUT2D eigenvalue weighted by atomic mass is 9.62. The number of nitrogens with zero attached hydrogens (tertiary/aromatic N) is 7. The predicted octanol–water partition coefficient (Wildman–Crippen LogP) is 5.28. The van der Waals surface area contributed by atoms with E-state index in [1.54, 1.807) is 11.3 Å². The number of nitriles is 1. The molecule has 1 unspecified atom stereocenters. The molecule has 8 rings (SSSR count). The van der Waals surface area contributed by atoms with Crippen molar-refractivity contribution in [3.05, 3.63) is 27.3 Å². The Morgan fingerprint density at radius 1 is 1.22 bits per heavy atom. The number of likely N-dealkylation sites (tertiary alicyclic amines) is 1. The van der Waals surface area contributed by atoms with Gasteiger partial charge in [0.2, 0.25) is 11.6 Å². The van der Waals surface area contributed by atoms with Crippen molar-refractivity contribution in [3.8, 4) is 23.5 Å². The normalized spacial score (nSPS) is 27.3. The molecule has 2 saturated heterocycles. The van der Waals surface area contributed by atoms with Gasteiger partial charge in [0.1, 0.15) is 17.2 Å². The zero-order chi connectivity index (χ0) is 30.9. The van der Waals surface area contributed by atoms with Gasteiger partial charge in [0.25, 0.3) is 17.4 Å². The highest BCUT2D eigenvalue weighted by molar-refractivity contribution is 7.16. The Morgan fingerprint density at radius 3 is 2.82 bits per heavy atom. The lowest BCUT2D eigenvalue weighted by molar-refractivity contribution is -0.304. The Balaban J connectivity index is 1.26. The second-order valence-corrected chi connectivity index (χ2v) is 14.4. The second kappa shape index (κ2) is 11.0. The number of thiophene rings is 1. The summed E-state index contributed by atoms with van der Waals surface area (Å²) in [7, 11) is 2.15. The zero-order valence-electron chi connectivity index (χ0n) is 26.1. The first-order chi connectivity index (χ1) is 21.9. The number of ether oxygens (including phenoxy) is 2. The SMILES string of the molecule is CC1=Nc2c(O[C@@H](C)[C@@H]3CCCN3C)nc(-c3onc4c3CCC[C@@]43CCCc4sc(N)c(C#N)c43)nc2/[N+]1=C/C1CCOC1. The lowest BCUT2D eigenvalue weighted by Gasteiger charge is -2.39. The first-order valence-electron chi connectivity index (χ1n) is 16.2. The third-order valence-electron chi connectivity index (χ3n) is 10.5. The van der Waals surface area contributed by atoms with Crippen LogP contribution in [-0.4, -0.2) is 75.6 Å². The minimum absolute atomic E-state index is 0.0814. The highest BCUT2D eigenvalue weighted by Gasteiger charge is 2.49. The van der Waals surface area contributed by atoms with Gasteiger partial charge in [0, 0.05) is 41.3 Å². The van der Waals surface area contributed by atoms with Crippen LogP contribution in [0.1, 0.15) is 86.1 Å².